The molecule has 3 aromatic rings. The quantitative estimate of drug-likeness (QED) is 0.486. The van der Waals surface area contributed by atoms with Gasteiger partial charge in [0.05, 0.1) is 22.5 Å². The number of aromatic carboxylic acids is 2. The minimum Gasteiger partial charge on any atom is -0.478 e. The van der Waals surface area contributed by atoms with Gasteiger partial charge in [0.15, 0.2) is 0 Å². The van der Waals surface area contributed by atoms with E-state index in [1.807, 2.05) is 24.3 Å². The van der Waals surface area contributed by atoms with Crippen molar-refractivity contribution < 1.29 is 19.8 Å². The summed E-state index contributed by atoms with van der Waals surface area (Å²) < 4.78 is 0. The van der Waals surface area contributed by atoms with E-state index in [0.717, 1.165) is 10.8 Å². The van der Waals surface area contributed by atoms with Crippen molar-refractivity contribution in [1.29, 1.82) is 0 Å². The lowest BCUT2D eigenvalue weighted by Crippen LogP contribution is -2.07. The van der Waals surface area contributed by atoms with Crippen molar-refractivity contribution >= 4 is 39.8 Å². The van der Waals surface area contributed by atoms with Crippen molar-refractivity contribution in [3.8, 4) is 0 Å². The van der Waals surface area contributed by atoms with Crippen LogP contribution in [0.1, 0.15) is 20.7 Å². The molecule has 25 heavy (non-hydrogen) atoms. The third-order valence-electron chi connectivity index (χ3n) is 3.67. The number of carboxylic acid groups (broad SMARTS) is 2. The molecular formula is C18H13N3O4. The zero-order chi connectivity index (χ0) is 18.0. The molecule has 7 heteroatoms. The summed E-state index contributed by atoms with van der Waals surface area (Å²) in [6, 6.07) is 14.6. The number of benzene rings is 3. The van der Waals surface area contributed by atoms with Crippen molar-refractivity contribution in [3.05, 3.63) is 65.7 Å². The lowest BCUT2D eigenvalue weighted by Gasteiger charge is -2.05. The maximum atomic E-state index is 11.2. The van der Waals surface area contributed by atoms with Gasteiger partial charge in [-0.05, 0) is 30.3 Å². The van der Waals surface area contributed by atoms with Crippen LogP contribution in [-0.4, -0.2) is 22.2 Å². The monoisotopic (exact) mass is 335 g/mol. The molecule has 0 aliphatic carbocycles. The largest absolute Gasteiger partial charge is 0.478 e. The van der Waals surface area contributed by atoms with E-state index in [-0.39, 0.29) is 16.8 Å². The number of nitrogens with zero attached hydrogens (tertiary/aromatic N) is 2. The van der Waals surface area contributed by atoms with E-state index in [0.29, 0.717) is 11.4 Å². The summed E-state index contributed by atoms with van der Waals surface area (Å²) in [5, 5.41) is 28.0. The molecule has 3 aromatic carbocycles. The predicted molar refractivity (Wildman–Crippen MR) is 92.9 cm³/mol. The highest BCUT2D eigenvalue weighted by Gasteiger charge is 2.16. The molecule has 0 atom stereocenters. The van der Waals surface area contributed by atoms with Gasteiger partial charge in [-0.1, -0.05) is 24.3 Å². The number of carbonyl (C=O) groups is 2. The SMILES string of the molecule is Nc1ccc(N=Nc2ccc(C(=O)O)c(C(=O)O)c2)c2ccccc12. The number of azo groups is 1. The zero-order valence-electron chi connectivity index (χ0n) is 12.9. The van der Waals surface area contributed by atoms with E-state index >= 15 is 0 Å². The van der Waals surface area contributed by atoms with Crippen molar-refractivity contribution in [3.63, 3.8) is 0 Å². The van der Waals surface area contributed by atoms with Gasteiger partial charge < -0.3 is 15.9 Å². The van der Waals surface area contributed by atoms with E-state index in [2.05, 4.69) is 10.2 Å². The smallest absolute Gasteiger partial charge is 0.336 e. The van der Waals surface area contributed by atoms with Crippen molar-refractivity contribution in [2.24, 2.45) is 10.2 Å². The minimum atomic E-state index is -1.34. The third-order valence-corrected chi connectivity index (χ3v) is 3.67. The fraction of sp³-hybridized carbons (Fsp3) is 0. The van der Waals surface area contributed by atoms with Crippen molar-refractivity contribution in [2.45, 2.75) is 0 Å². The summed E-state index contributed by atoms with van der Waals surface area (Å²) in [6.45, 7) is 0. The van der Waals surface area contributed by atoms with Crippen LogP contribution in [0, 0.1) is 0 Å². The second kappa shape index (κ2) is 6.40. The lowest BCUT2D eigenvalue weighted by molar-refractivity contribution is 0.0651. The Morgan fingerprint density at radius 1 is 0.800 bits per heavy atom. The topological polar surface area (TPSA) is 125 Å². The van der Waals surface area contributed by atoms with E-state index in [4.69, 9.17) is 15.9 Å². The fourth-order valence-corrected chi connectivity index (χ4v) is 2.46. The molecule has 0 amide bonds. The number of carboxylic acids is 2. The maximum Gasteiger partial charge on any atom is 0.336 e. The Balaban J connectivity index is 2.03. The van der Waals surface area contributed by atoms with Crippen LogP contribution in [0.2, 0.25) is 0 Å². The van der Waals surface area contributed by atoms with Gasteiger partial charge in [-0.15, -0.1) is 5.11 Å². The van der Waals surface area contributed by atoms with Crippen LogP contribution < -0.4 is 5.73 Å². The minimum absolute atomic E-state index is 0.239. The summed E-state index contributed by atoms with van der Waals surface area (Å²) in [5.41, 5.74) is 6.73. The molecule has 3 rings (SSSR count). The lowest BCUT2D eigenvalue weighted by atomic mass is 10.1. The van der Waals surface area contributed by atoms with E-state index in [1.54, 1.807) is 12.1 Å². The van der Waals surface area contributed by atoms with Gasteiger partial charge in [-0.25, -0.2) is 9.59 Å². The van der Waals surface area contributed by atoms with Crippen LogP contribution in [0.4, 0.5) is 17.1 Å². The molecule has 0 aliphatic rings. The molecular weight excluding hydrogens is 322 g/mol. The first-order valence-corrected chi connectivity index (χ1v) is 7.27. The second-order valence-electron chi connectivity index (χ2n) is 5.26. The number of hydrogen-bond donors (Lipinski definition) is 3. The molecule has 0 aliphatic heterocycles. The number of nitrogens with two attached hydrogens (primary N) is 1. The average Bonchev–Trinajstić information content (AvgIpc) is 2.61. The predicted octanol–water partition coefficient (Wildman–Crippen LogP) is 4.23. The summed E-state index contributed by atoms with van der Waals surface area (Å²) in [4.78, 5) is 22.3. The number of nitrogen functional groups attached to an aromatic ring is 1. The van der Waals surface area contributed by atoms with Gasteiger partial charge in [-0.3, -0.25) is 0 Å². The van der Waals surface area contributed by atoms with Crippen LogP contribution in [0.3, 0.4) is 0 Å². The normalized spacial score (nSPS) is 11.0. The Morgan fingerprint density at radius 2 is 1.48 bits per heavy atom. The Bertz CT molecular complexity index is 1030. The first kappa shape index (κ1) is 16.1. The summed E-state index contributed by atoms with van der Waals surface area (Å²) in [7, 11) is 0. The molecule has 0 fully saturated rings. The maximum absolute atomic E-state index is 11.2. The van der Waals surface area contributed by atoms with Crippen LogP contribution in [0.5, 0.6) is 0 Å². The first-order valence-electron chi connectivity index (χ1n) is 7.27. The van der Waals surface area contributed by atoms with Gasteiger partial charge in [0.1, 0.15) is 0 Å². The number of anilines is 1. The number of rotatable bonds is 4. The van der Waals surface area contributed by atoms with E-state index in [9.17, 15) is 9.59 Å². The first-order chi connectivity index (χ1) is 12.0. The van der Waals surface area contributed by atoms with Crippen LogP contribution in [-0.2, 0) is 0 Å². The second-order valence-corrected chi connectivity index (χ2v) is 5.26. The molecule has 7 nitrogen and oxygen atoms in total. The van der Waals surface area contributed by atoms with Crippen molar-refractivity contribution in [1.82, 2.24) is 0 Å². The highest BCUT2D eigenvalue weighted by molar-refractivity contribution is 6.02. The van der Waals surface area contributed by atoms with Crippen LogP contribution in [0.15, 0.2) is 64.8 Å². The van der Waals surface area contributed by atoms with Crippen LogP contribution >= 0.6 is 0 Å². The van der Waals surface area contributed by atoms with Gasteiger partial charge in [0.25, 0.3) is 0 Å². The molecule has 0 heterocycles. The fourth-order valence-electron chi connectivity index (χ4n) is 2.46. The van der Waals surface area contributed by atoms with Gasteiger partial charge >= 0.3 is 11.9 Å². The van der Waals surface area contributed by atoms with Crippen molar-refractivity contribution in [2.75, 3.05) is 5.73 Å². The van der Waals surface area contributed by atoms with Gasteiger partial charge in [0, 0.05) is 16.5 Å². The molecule has 0 bridgehead atoms. The standard InChI is InChI=1S/C18H13N3O4/c19-15-7-8-16(12-4-2-1-3-11(12)15)21-20-10-5-6-13(17(22)23)14(9-10)18(24)25/h1-9H,19H2,(H,22,23)(H,24,25). The Labute approximate surface area is 142 Å². The van der Waals surface area contributed by atoms with Gasteiger partial charge in [-0.2, -0.15) is 5.11 Å². The van der Waals surface area contributed by atoms with Gasteiger partial charge in [0.2, 0.25) is 0 Å². The highest BCUT2D eigenvalue weighted by Crippen LogP contribution is 2.31. The Kier molecular flexibility index (Phi) is 4.13. The number of hydrogen-bond acceptors (Lipinski definition) is 5. The average molecular weight is 335 g/mol. The molecule has 4 N–H and O–H groups in total. The number of fused-ring (bicyclic) bond motifs is 1. The molecule has 0 unspecified atom stereocenters. The third kappa shape index (κ3) is 3.16. The molecule has 0 spiro atoms. The Morgan fingerprint density at radius 3 is 2.16 bits per heavy atom. The molecule has 0 radical (unpaired) electrons. The molecule has 0 aromatic heterocycles. The molecule has 124 valence electrons. The Hall–Kier alpha value is -3.74. The van der Waals surface area contributed by atoms with E-state index in [1.165, 1.54) is 18.2 Å². The summed E-state index contributed by atoms with van der Waals surface area (Å²) >= 11 is 0. The van der Waals surface area contributed by atoms with E-state index < -0.39 is 11.9 Å². The molecule has 0 saturated carbocycles. The summed E-state index contributed by atoms with van der Waals surface area (Å²) in [6.07, 6.45) is 0. The van der Waals surface area contributed by atoms with Crippen LogP contribution in [0.25, 0.3) is 10.8 Å². The summed E-state index contributed by atoms with van der Waals surface area (Å²) in [5.74, 6) is -2.65. The zero-order valence-corrected chi connectivity index (χ0v) is 12.9. The highest BCUT2D eigenvalue weighted by atomic mass is 16.4. The molecule has 0 saturated heterocycles.